The van der Waals surface area contributed by atoms with Gasteiger partial charge in [0.1, 0.15) is 6.54 Å². The quantitative estimate of drug-likeness (QED) is 0.396. The fourth-order valence-corrected chi connectivity index (χ4v) is 5.37. The van der Waals surface area contributed by atoms with E-state index in [0.717, 1.165) is 0 Å². The van der Waals surface area contributed by atoms with Crippen LogP contribution in [0.15, 0.2) is 12.2 Å². The first-order valence-electron chi connectivity index (χ1n) is 7.42. The number of hydrogen-bond acceptors (Lipinski definition) is 8. The van der Waals surface area contributed by atoms with Crippen molar-refractivity contribution in [2.24, 2.45) is 11.8 Å². The molecular formula is C15H17NO7S. The van der Waals surface area contributed by atoms with Crippen molar-refractivity contribution in [3.63, 3.8) is 0 Å². The Morgan fingerprint density at radius 3 is 2.67 bits per heavy atom. The van der Waals surface area contributed by atoms with Crippen LogP contribution in [0.5, 0.6) is 0 Å². The molecule has 3 rings (SSSR count). The number of carbonyl (C=O) groups excluding carboxylic acids is 4. The van der Waals surface area contributed by atoms with Crippen molar-refractivity contribution in [1.29, 1.82) is 0 Å². The van der Waals surface area contributed by atoms with Gasteiger partial charge in [0.05, 0.1) is 29.4 Å². The summed E-state index contributed by atoms with van der Waals surface area (Å²) < 4.78 is 15.5. The molecule has 3 fully saturated rings. The SMILES string of the molecule is C=C(C)C(=O)NCC(=O)OC1C2OC(=O)C3C2SC1C3C(=O)OC. The molecule has 3 saturated heterocycles. The summed E-state index contributed by atoms with van der Waals surface area (Å²) in [4.78, 5) is 47.4. The van der Waals surface area contributed by atoms with Gasteiger partial charge in [-0.15, -0.1) is 11.8 Å². The van der Waals surface area contributed by atoms with Crippen molar-refractivity contribution in [2.75, 3.05) is 13.7 Å². The van der Waals surface area contributed by atoms with E-state index < -0.39 is 47.9 Å². The number of hydrogen-bond donors (Lipinski definition) is 1. The average Bonchev–Trinajstić information content (AvgIpc) is 3.15. The van der Waals surface area contributed by atoms with Gasteiger partial charge >= 0.3 is 17.9 Å². The van der Waals surface area contributed by atoms with E-state index in [1.54, 1.807) is 0 Å². The minimum Gasteiger partial charge on any atom is -0.469 e. The normalized spacial score (nSPS) is 35.3. The molecular weight excluding hydrogens is 338 g/mol. The lowest BCUT2D eigenvalue weighted by molar-refractivity contribution is -0.160. The Bertz CT molecular complexity index is 633. The van der Waals surface area contributed by atoms with Crippen LogP contribution in [0.2, 0.25) is 0 Å². The fraction of sp³-hybridized carbons (Fsp3) is 0.600. The maximum Gasteiger partial charge on any atom is 0.325 e. The highest BCUT2D eigenvalue weighted by Crippen LogP contribution is 2.59. The second-order valence-corrected chi connectivity index (χ2v) is 7.32. The molecule has 2 bridgehead atoms. The third-order valence-corrected chi connectivity index (χ3v) is 6.18. The van der Waals surface area contributed by atoms with E-state index in [4.69, 9.17) is 14.2 Å². The summed E-state index contributed by atoms with van der Waals surface area (Å²) in [5.41, 5.74) is 0.275. The van der Waals surface area contributed by atoms with Gasteiger partial charge in [-0.05, 0) is 6.92 Å². The van der Waals surface area contributed by atoms with Crippen LogP contribution in [0.4, 0.5) is 0 Å². The van der Waals surface area contributed by atoms with Gasteiger partial charge in [-0.3, -0.25) is 19.2 Å². The summed E-state index contributed by atoms with van der Waals surface area (Å²) in [5.74, 6) is -3.30. The monoisotopic (exact) mass is 355 g/mol. The average molecular weight is 355 g/mol. The maximum absolute atomic E-state index is 12.0. The molecule has 0 radical (unpaired) electrons. The van der Waals surface area contributed by atoms with Crippen LogP contribution in [0, 0.1) is 11.8 Å². The Morgan fingerprint density at radius 2 is 2.04 bits per heavy atom. The van der Waals surface area contributed by atoms with Gasteiger partial charge in [0.25, 0.3) is 0 Å². The van der Waals surface area contributed by atoms with Gasteiger partial charge in [0, 0.05) is 5.57 Å². The van der Waals surface area contributed by atoms with Crippen molar-refractivity contribution >= 4 is 35.6 Å². The number of esters is 3. The molecule has 130 valence electrons. The van der Waals surface area contributed by atoms with Crippen molar-refractivity contribution < 1.29 is 33.4 Å². The molecule has 0 spiro atoms. The molecule has 3 aliphatic rings. The van der Waals surface area contributed by atoms with Crippen LogP contribution in [0.25, 0.3) is 0 Å². The van der Waals surface area contributed by atoms with Gasteiger partial charge in [0.15, 0.2) is 12.2 Å². The molecule has 3 heterocycles. The molecule has 0 aromatic carbocycles. The largest absolute Gasteiger partial charge is 0.469 e. The smallest absolute Gasteiger partial charge is 0.325 e. The lowest BCUT2D eigenvalue weighted by Gasteiger charge is -2.28. The van der Waals surface area contributed by atoms with Gasteiger partial charge in [0.2, 0.25) is 5.91 Å². The summed E-state index contributed by atoms with van der Waals surface area (Å²) in [7, 11) is 1.25. The van der Waals surface area contributed by atoms with Gasteiger partial charge in [-0.2, -0.15) is 0 Å². The van der Waals surface area contributed by atoms with E-state index in [-0.39, 0.29) is 22.6 Å². The lowest BCUT2D eigenvalue weighted by Crippen LogP contribution is -2.48. The summed E-state index contributed by atoms with van der Waals surface area (Å²) >= 11 is 1.42. The minimum absolute atomic E-state index is 0.214. The summed E-state index contributed by atoms with van der Waals surface area (Å²) in [6.07, 6.45) is -1.28. The number of thioether (sulfide) groups is 1. The van der Waals surface area contributed by atoms with Crippen LogP contribution >= 0.6 is 11.8 Å². The maximum atomic E-state index is 12.0. The van der Waals surface area contributed by atoms with E-state index in [9.17, 15) is 19.2 Å². The fourth-order valence-electron chi connectivity index (χ4n) is 3.37. The molecule has 3 aliphatic heterocycles. The topological polar surface area (TPSA) is 108 Å². The van der Waals surface area contributed by atoms with Gasteiger partial charge in [-0.1, -0.05) is 6.58 Å². The van der Waals surface area contributed by atoms with Crippen LogP contribution in [-0.2, 0) is 33.4 Å². The Hall–Kier alpha value is -2.03. The summed E-state index contributed by atoms with van der Waals surface area (Å²) in [5, 5.41) is 1.78. The number of fused-ring (bicyclic) bond motifs is 1. The molecule has 0 saturated carbocycles. The van der Waals surface area contributed by atoms with Gasteiger partial charge < -0.3 is 19.5 Å². The van der Waals surface area contributed by atoms with Gasteiger partial charge in [-0.25, -0.2) is 0 Å². The van der Waals surface area contributed by atoms with Crippen molar-refractivity contribution in [1.82, 2.24) is 5.32 Å². The number of amides is 1. The zero-order valence-electron chi connectivity index (χ0n) is 13.1. The Labute approximate surface area is 142 Å². The summed E-state index contributed by atoms with van der Waals surface area (Å²) in [6, 6.07) is 0. The van der Waals surface area contributed by atoms with Crippen molar-refractivity contribution in [3.8, 4) is 0 Å². The second kappa shape index (κ2) is 6.12. The second-order valence-electron chi connectivity index (χ2n) is 5.96. The molecule has 9 heteroatoms. The number of methoxy groups -OCH3 is 1. The van der Waals surface area contributed by atoms with E-state index in [1.165, 1.54) is 25.8 Å². The molecule has 0 aromatic rings. The van der Waals surface area contributed by atoms with E-state index in [0.29, 0.717) is 0 Å². The van der Waals surface area contributed by atoms with E-state index in [1.807, 2.05) is 0 Å². The van der Waals surface area contributed by atoms with Crippen molar-refractivity contribution in [2.45, 2.75) is 29.6 Å². The predicted molar refractivity (Wildman–Crippen MR) is 81.7 cm³/mol. The first-order chi connectivity index (χ1) is 11.3. The Balaban J connectivity index is 1.68. The molecule has 6 atom stereocenters. The summed E-state index contributed by atoms with van der Waals surface area (Å²) in [6.45, 7) is 4.67. The number of ether oxygens (including phenoxy) is 3. The minimum atomic E-state index is -0.721. The first kappa shape index (κ1) is 16.8. The third-order valence-electron chi connectivity index (χ3n) is 4.43. The van der Waals surface area contributed by atoms with Crippen LogP contribution in [-0.4, -0.2) is 60.2 Å². The lowest BCUT2D eigenvalue weighted by atomic mass is 9.78. The third kappa shape index (κ3) is 2.56. The molecule has 8 nitrogen and oxygen atoms in total. The number of rotatable bonds is 5. The number of nitrogens with one attached hydrogen (secondary N) is 1. The van der Waals surface area contributed by atoms with Crippen molar-refractivity contribution in [3.05, 3.63) is 12.2 Å². The molecule has 0 aliphatic carbocycles. The zero-order chi connectivity index (χ0) is 17.6. The first-order valence-corrected chi connectivity index (χ1v) is 8.36. The highest BCUT2D eigenvalue weighted by molar-refractivity contribution is 8.01. The molecule has 1 N–H and O–H groups in total. The molecule has 6 unspecified atom stereocenters. The molecule has 1 amide bonds. The molecule has 24 heavy (non-hydrogen) atoms. The van der Waals surface area contributed by atoms with E-state index in [2.05, 4.69) is 11.9 Å². The standard InChI is InChI=1S/C15H17NO7S/c1-5(2)13(18)16-4-6(17)22-9-10-12-8(15(20)23-10)7(11(9)24-12)14(19)21-3/h7-12H,1,4H2,2-3H3,(H,16,18). The molecule has 0 aromatic heterocycles. The highest BCUT2D eigenvalue weighted by atomic mass is 32.2. The van der Waals surface area contributed by atoms with Crippen LogP contribution in [0.3, 0.4) is 0 Å². The van der Waals surface area contributed by atoms with E-state index >= 15 is 0 Å². The Kier molecular flexibility index (Phi) is 4.29. The van der Waals surface area contributed by atoms with Crippen LogP contribution < -0.4 is 5.32 Å². The Morgan fingerprint density at radius 1 is 1.33 bits per heavy atom. The van der Waals surface area contributed by atoms with Crippen LogP contribution in [0.1, 0.15) is 6.92 Å². The highest BCUT2D eigenvalue weighted by Gasteiger charge is 2.71. The zero-order valence-corrected chi connectivity index (χ0v) is 14.0. The number of carbonyl (C=O) groups is 4. The predicted octanol–water partition coefficient (Wildman–Crippen LogP) is -0.581.